The zero-order valence-corrected chi connectivity index (χ0v) is 10.3. The Bertz CT molecular complexity index is 334. The van der Waals surface area contributed by atoms with E-state index in [1.165, 1.54) is 0 Å². The van der Waals surface area contributed by atoms with Gasteiger partial charge in [-0.25, -0.2) is 0 Å². The summed E-state index contributed by atoms with van der Waals surface area (Å²) in [6, 6.07) is 1.79. The molecule has 0 radical (unpaired) electrons. The summed E-state index contributed by atoms with van der Waals surface area (Å²) in [6.45, 7) is 5.51. The van der Waals surface area contributed by atoms with Crippen molar-refractivity contribution in [1.29, 1.82) is 0 Å². The van der Waals surface area contributed by atoms with Gasteiger partial charge in [-0.1, -0.05) is 13.8 Å². The Morgan fingerprint density at radius 1 is 1.62 bits per heavy atom. The van der Waals surface area contributed by atoms with Gasteiger partial charge in [0.05, 0.1) is 0 Å². The molecule has 0 aliphatic rings. The Morgan fingerprint density at radius 3 is 3.00 bits per heavy atom. The number of hydrogen-bond acceptors (Lipinski definition) is 3. The highest BCUT2D eigenvalue weighted by molar-refractivity contribution is 5.94. The van der Waals surface area contributed by atoms with Gasteiger partial charge >= 0.3 is 0 Å². The predicted molar refractivity (Wildman–Crippen MR) is 62.5 cm³/mol. The molecule has 90 valence electrons. The summed E-state index contributed by atoms with van der Waals surface area (Å²) in [5, 5.41) is 4.14. The number of rotatable bonds is 7. The minimum Gasteiger partial charge on any atom is -0.384 e. The van der Waals surface area contributed by atoms with E-state index in [1.807, 2.05) is 6.92 Å². The molecule has 0 fully saturated rings. The van der Waals surface area contributed by atoms with Gasteiger partial charge in [-0.05, 0) is 18.4 Å². The molecule has 0 aromatic carbocycles. The van der Waals surface area contributed by atoms with Crippen LogP contribution in [0.2, 0.25) is 0 Å². The first-order valence-corrected chi connectivity index (χ1v) is 5.73. The van der Waals surface area contributed by atoms with Crippen LogP contribution in [0.15, 0.2) is 12.3 Å². The van der Waals surface area contributed by atoms with Crippen molar-refractivity contribution in [2.45, 2.75) is 33.2 Å². The van der Waals surface area contributed by atoms with Gasteiger partial charge < -0.3 is 4.74 Å². The van der Waals surface area contributed by atoms with Gasteiger partial charge in [0.2, 0.25) is 0 Å². The Balaban J connectivity index is 2.61. The molecule has 0 aliphatic carbocycles. The second-order valence-electron chi connectivity index (χ2n) is 4.13. The minimum atomic E-state index is 0.149. The Kier molecular flexibility index (Phi) is 5.19. The maximum absolute atomic E-state index is 12.0. The molecule has 1 aromatic heterocycles. The maximum Gasteiger partial charge on any atom is 0.181 e. The molecule has 1 heterocycles. The van der Waals surface area contributed by atoms with Gasteiger partial charge in [0.1, 0.15) is 5.69 Å². The van der Waals surface area contributed by atoms with Crippen molar-refractivity contribution >= 4 is 5.78 Å². The SMILES string of the molecule is CCCn1nccc1C(=O)CC(C)COC. The Morgan fingerprint density at radius 2 is 2.38 bits per heavy atom. The molecule has 4 heteroatoms. The molecule has 1 atom stereocenters. The molecule has 0 N–H and O–H groups in total. The lowest BCUT2D eigenvalue weighted by Crippen LogP contribution is -2.15. The highest BCUT2D eigenvalue weighted by Crippen LogP contribution is 2.10. The third-order valence-electron chi connectivity index (χ3n) is 2.42. The van der Waals surface area contributed by atoms with Gasteiger partial charge in [-0.2, -0.15) is 5.10 Å². The van der Waals surface area contributed by atoms with Crippen LogP contribution in [0.1, 0.15) is 37.2 Å². The number of Topliss-reactive ketones (excluding diaryl/α,β-unsaturated/α-hetero) is 1. The largest absolute Gasteiger partial charge is 0.384 e. The molecular weight excluding hydrogens is 204 g/mol. The van der Waals surface area contributed by atoms with E-state index in [1.54, 1.807) is 24.1 Å². The molecule has 0 aliphatic heterocycles. The van der Waals surface area contributed by atoms with Crippen LogP contribution < -0.4 is 0 Å². The van der Waals surface area contributed by atoms with E-state index in [4.69, 9.17) is 4.74 Å². The zero-order valence-electron chi connectivity index (χ0n) is 10.3. The quantitative estimate of drug-likeness (QED) is 0.666. The molecule has 0 spiro atoms. The molecule has 1 aromatic rings. The zero-order chi connectivity index (χ0) is 12.0. The molecule has 0 saturated heterocycles. The topological polar surface area (TPSA) is 44.1 Å². The fourth-order valence-electron chi connectivity index (χ4n) is 1.72. The lowest BCUT2D eigenvalue weighted by Gasteiger charge is -2.10. The fourth-order valence-corrected chi connectivity index (χ4v) is 1.72. The smallest absolute Gasteiger partial charge is 0.181 e. The first-order valence-electron chi connectivity index (χ1n) is 5.73. The number of nitrogens with zero attached hydrogens (tertiary/aromatic N) is 2. The maximum atomic E-state index is 12.0. The summed E-state index contributed by atoms with van der Waals surface area (Å²) >= 11 is 0. The summed E-state index contributed by atoms with van der Waals surface area (Å²) in [5.74, 6) is 0.401. The molecule has 16 heavy (non-hydrogen) atoms. The fraction of sp³-hybridized carbons (Fsp3) is 0.667. The molecule has 0 saturated carbocycles. The molecule has 0 bridgehead atoms. The van der Waals surface area contributed by atoms with Crippen LogP contribution in [-0.4, -0.2) is 29.3 Å². The normalized spacial score (nSPS) is 12.7. The number of ether oxygens (including phenoxy) is 1. The first kappa shape index (κ1) is 12.9. The average molecular weight is 224 g/mol. The van der Waals surface area contributed by atoms with Crippen molar-refractivity contribution in [3.8, 4) is 0 Å². The van der Waals surface area contributed by atoms with E-state index < -0.39 is 0 Å². The summed E-state index contributed by atoms with van der Waals surface area (Å²) in [4.78, 5) is 12.0. The molecular formula is C12H20N2O2. The number of carbonyl (C=O) groups is 1. The van der Waals surface area contributed by atoms with Crippen molar-refractivity contribution < 1.29 is 9.53 Å². The van der Waals surface area contributed by atoms with Crippen molar-refractivity contribution in [2.24, 2.45) is 5.92 Å². The van der Waals surface area contributed by atoms with E-state index >= 15 is 0 Å². The van der Waals surface area contributed by atoms with Gasteiger partial charge in [-0.15, -0.1) is 0 Å². The van der Waals surface area contributed by atoms with Crippen molar-refractivity contribution in [2.75, 3.05) is 13.7 Å². The van der Waals surface area contributed by atoms with Gasteiger partial charge in [0.15, 0.2) is 5.78 Å². The van der Waals surface area contributed by atoms with Crippen molar-refractivity contribution in [1.82, 2.24) is 9.78 Å². The average Bonchev–Trinajstić information content (AvgIpc) is 2.66. The number of aryl methyl sites for hydroxylation is 1. The third kappa shape index (κ3) is 3.45. The van der Waals surface area contributed by atoms with Crippen molar-refractivity contribution in [3.63, 3.8) is 0 Å². The second-order valence-corrected chi connectivity index (χ2v) is 4.13. The molecule has 4 nitrogen and oxygen atoms in total. The van der Waals surface area contributed by atoms with Crippen LogP contribution in [0.25, 0.3) is 0 Å². The number of carbonyl (C=O) groups excluding carboxylic acids is 1. The molecule has 0 amide bonds. The number of ketones is 1. The van der Waals surface area contributed by atoms with E-state index in [0.29, 0.717) is 18.7 Å². The van der Waals surface area contributed by atoms with Gasteiger partial charge in [-0.3, -0.25) is 9.48 Å². The van der Waals surface area contributed by atoms with E-state index in [-0.39, 0.29) is 11.7 Å². The molecule has 1 unspecified atom stereocenters. The van der Waals surface area contributed by atoms with Gasteiger partial charge in [0, 0.05) is 32.9 Å². The lowest BCUT2D eigenvalue weighted by molar-refractivity contribution is 0.0909. The van der Waals surface area contributed by atoms with Gasteiger partial charge in [0.25, 0.3) is 0 Å². The standard InChI is InChI=1S/C12H20N2O2/c1-4-7-14-11(5-6-13-14)12(15)8-10(2)9-16-3/h5-6,10H,4,7-9H2,1-3H3. The second kappa shape index (κ2) is 6.43. The minimum absolute atomic E-state index is 0.149. The third-order valence-corrected chi connectivity index (χ3v) is 2.42. The Hall–Kier alpha value is -1.16. The highest BCUT2D eigenvalue weighted by atomic mass is 16.5. The number of aromatic nitrogens is 2. The molecule has 1 rings (SSSR count). The van der Waals surface area contributed by atoms with Crippen molar-refractivity contribution in [3.05, 3.63) is 18.0 Å². The van der Waals surface area contributed by atoms with Crippen LogP contribution in [0.3, 0.4) is 0 Å². The summed E-state index contributed by atoms with van der Waals surface area (Å²) in [5.41, 5.74) is 0.713. The van der Waals surface area contributed by atoms with Crippen LogP contribution in [0.5, 0.6) is 0 Å². The summed E-state index contributed by atoms with van der Waals surface area (Å²) in [6.07, 6.45) is 3.18. The number of hydrogen-bond donors (Lipinski definition) is 0. The lowest BCUT2D eigenvalue weighted by atomic mass is 10.0. The number of methoxy groups -OCH3 is 1. The van der Waals surface area contributed by atoms with Crippen LogP contribution >= 0.6 is 0 Å². The predicted octanol–water partition coefficient (Wildman–Crippen LogP) is 2.15. The summed E-state index contributed by atoms with van der Waals surface area (Å²) in [7, 11) is 1.66. The monoisotopic (exact) mass is 224 g/mol. The van der Waals surface area contributed by atoms with E-state index in [0.717, 1.165) is 13.0 Å². The first-order chi connectivity index (χ1) is 7.69. The van der Waals surface area contributed by atoms with Crippen LogP contribution in [-0.2, 0) is 11.3 Å². The van der Waals surface area contributed by atoms with Crippen LogP contribution in [0.4, 0.5) is 0 Å². The Labute approximate surface area is 96.6 Å². The van der Waals surface area contributed by atoms with E-state index in [9.17, 15) is 4.79 Å². The highest BCUT2D eigenvalue weighted by Gasteiger charge is 2.14. The summed E-state index contributed by atoms with van der Waals surface area (Å²) < 4.78 is 6.80. The van der Waals surface area contributed by atoms with E-state index in [2.05, 4.69) is 12.0 Å². The van der Waals surface area contributed by atoms with Crippen LogP contribution in [0, 0.1) is 5.92 Å².